The molecule has 0 aliphatic heterocycles. The molecule has 0 aliphatic carbocycles. The van der Waals surface area contributed by atoms with Crippen LogP contribution in [0.1, 0.15) is 60.6 Å². The number of hydrogen-bond donors (Lipinski definition) is 3. The van der Waals surface area contributed by atoms with Crippen LogP contribution in [0.4, 0.5) is 10.2 Å². The summed E-state index contributed by atoms with van der Waals surface area (Å²) in [4.78, 5) is 27.8. The van der Waals surface area contributed by atoms with Crippen molar-refractivity contribution < 1.29 is 14.0 Å². The first kappa shape index (κ1) is 21.8. The zero-order chi connectivity index (χ0) is 20.8. The molecular weight excluding hydrogens is 383 g/mol. The lowest BCUT2D eigenvalue weighted by atomic mass is 9.95. The van der Waals surface area contributed by atoms with E-state index in [-0.39, 0.29) is 34.4 Å². The van der Waals surface area contributed by atoms with Crippen molar-refractivity contribution in [2.75, 3.05) is 5.73 Å². The number of anilines is 1. The first-order valence-electron chi connectivity index (χ1n) is 9.03. The summed E-state index contributed by atoms with van der Waals surface area (Å²) in [6.45, 7) is 3.76. The van der Waals surface area contributed by atoms with Gasteiger partial charge in [-0.1, -0.05) is 31.0 Å². The second-order valence-corrected chi connectivity index (χ2v) is 7.11. The molecule has 0 fully saturated rings. The number of carbonyl (C=O) groups is 2. The third-order valence-corrected chi connectivity index (χ3v) is 4.66. The molecule has 1 heterocycles. The molecule has 0 unspecified atom stereocenters. The Balaban J connectivity index is 2.41. The van der Waals surface area contributed by atoms with E-state index in [1.165, 1.54) is 24.4 Å². The molecular formula is C20H24ClFN4O2. The molecule has 1 amide bonds. The average Bonchev–Trinajstić information content (AvgIpc) is 2.61. The van der Waals surface area contributed by atoms with Gasteiger partial charge in [0.05, 0.1) is 10.6 Å². The van der Waals surface area contributed by atoms with Crippen LogP contribution in [-0.4, -0.2) is 22.7 Å². The minimum Gasteiger partial charge on any atom is -0.384 e. The van der Waals surface area contributed by atoms with Gasteiger partial charge in [0, 0.05) is 35.8 Å². The van der Waals surface area contributed by atoms with Crippen LogP contribution >= 0.6 is 11.6 Å². The number of nitrogen functional groups attached to an aromatic ring is 1. The summed E-state index contributed by atoms with van der Waals surface area (Å²) < 4.78 is 15.4. The van der Waals surface area contributed by atoms with Crippen LogP contribution < -0.4 is 16.8 Å². The Morgan fingerprint density at radius 3 is 2.57 bits per heavy atom. The Labute approximate surface area is 168 Å². The van der Waals surface area contributed by atoms with Gasteiger partial charge in [-0.15, -0.1) is 0 Å². The first-order valence-corrected chi connectivity index (χ1v) is 9.40. The van der Waals surface area contributed by atoms with Crippen LogP contribution in [0.25, 0.3) is 0 Å². The third-order valence-electron chi connectivity index (χ3n) is 4.34. The van der Waals surface area contributed by atoms with Crippen LogP contribution in [0.5, 0.6) is 0 Å². The Hall–Kier alpha value is -2.51. The fraction of sp³-hybridized carbons (Fsp3) is 0.350. The summed E-state index contributed by atoms with van der Waals surface area (Å²) in [5.74, 6) is -1.45. The Bertz CT molecular complexity index is 858. The molecule has 0 bridgehead atoms. The van der Waals surface area contributed by atoms with Gasteiger partial charge in [0.25, 0.3) is 0 Å². The number of aromatic nitrogens is 1. The van der Waals surface area contributed by atoms with Gasteiger partial charge in [-0.25, -0.2) is 9.37 Å². The summed E-state index contributed by atoms with van der Waals surface area (Å²) in [7, 11) is 0. The van der Waals surface area contributed by atoms with Gasteiger partial charge in [0.15, 0.2) is 5.78 Å². The molecule has 0 spiro atoms. The van der Waals surface area contributed by atoms with Crippen molar-refractivity contribution in [3.63, 3.8) is 0 Å². The number of rotatable bonds is 9. The second kappa shape index (κ2) is 9.61. The van der Waals surface area contributed by atoms with Crippen molar-refractivity contribution in [2.45, 2.75) is 45.2 Å². The summed E-state index contributed by atoms with van der Waals surface area (Å²) in [5.41, 5.74) is 11.1. The molecule has 150 valence electrons. The van der Waals surface area contributed by atoms with E-state index in [0.29, 0.717) is 12.0 Å². The van der Waals surface area contributed by atoms with E-state index in [0.717, 1.165) is 6.42 Å². The van der Waals surface area contributed by atoms with Gasteiger partial charge in [-0.3, -0.25) is 9.59 Å². The predicted molar refractivity (Wildman–Crippen MR) is 108 cm³/mol. The van der Waals surface area contributed by atoms with Crippen molar-refractivity contribution in [3.8, 4) is 0 Å². The van der Waals surface area contributed by atoms with Crippen LogP contribution in [0.15, 0.2) is 30.5 Å². The number of benzene rings is 1. The number of nitrogens with one attached hydrogen (secondary N) is 1. The Morgan fingerprint density at radius 2 is 2.00 bits per heavy atom. The number of nitrogens with zero attached hydrogens (tertiary/aromatic N) is 1. The average molecular weight is 407 g/mol. The Morgan fingerprint density at radius 1 is 1.29 bits per heavy atom. The van der Waals surface area contributed by atoms with Crippen molar-refractivity contribution in [3.05, 3.63) is 58.0 Å². The lowest BCUT2D eigenvalue weighted by Gasteiger charge is -2.24. The summed E-state index contributed by atoms with van der Waals surface area (Å²) in [5, 5.41) is 3.23. The van der Waals surface area contributed by atoms with E-state index < -0.39 is 23.5 Å². The zero-order valence-electron chi connectivity index (χ0n) is 15.8. The largest absolute Gasteiger partial charge is 0.384 e. The fourth-order valence-corrected chi connectivity index (χ4v) is 3.28. The quantitative estimate of drug-likeness (QED) is 0.553. The summed E-state index contributed by atoms with van der Waals surface area (Å²) in [6, 6.07) is 5.36. The molecule has 0 radical (unpaired) electrons. The molecule has 0 saturated heterocycles. The van der Waals surface area contributed by atoms with Crippen molar-refractivity contribution in [1.29, 1.82) is 0 Å². The molecule has 0 saturated carbocycles. The highest BCUT2D eigenvalue weighted by Gasteiger charge is 2.25. The molecule has 2 rings (SSSR count). The van der Waals surface area contributed by atoms with Crippen LogP contribution in [0.3, 0.4) is 0 Å². The lowest BCUT2D eigenvalue weighted by Crippen LogP contribution is -2.34. The van der Waals surface area contributed by atoms with Crippen LogP contribution in [-0.2, 0) is 4.79 Å². The van der Waals surface area contributed by atoms with Gasteiger partial charge in [0.1, 0.15) is 11.6 Å². The third kappa shape index (κ3) is 5.27. The highest BCUT2D eigenvalue weighted by atomic mass is 35.5. The van der Waals surface area contributed by atoms with E-state index >= 15 is 4.39 Å². The molecule has 1 aromatic carbocycles. The molecule has 28 heavy (non-hydrogen) atoms. The molecule has 6 nitrogen and oxygen atoms in total. The zero-order valence-corrected chi connectivity index (χ0v) is 16.6. The van der Waals surface area contributed by atoms with E-state index in [2.05, 4.69) is 10.3 Å². The van der Waals surface area contributed by atoms with E-state index in [4.69, 9.17) is 23.1 Å². The SMILES string of the molecule is CCC[C@@H](N[C@@H](C)CC(N)=O)c1ccc(Cl)c(C(=O)c2ccc(N)nc2)c1F. The highest BCUT2D eigenvalue weighted by molar-refractivity contribution is 6.35. The van der Waals surface area contributed by atoms with Gasteiger partial charge in [-0.05, 0) is 31.5 Å². The molecule has 0 aliphatic rings. The van der Waals surface area contributed by atoms with Gasteiger partial charge < -0.3 is 16.8 Å². The number of pyridine rings is 1. The minimum absolute atomic E-state index is 0.0171. The molecule has 2 atom stereocenters. The maximum atomic E-state index is 15.4. The second-order valence-electron chi connectivity index (χ2n) is 6.71. The maximum Gasteiger partial charge on any atom is 0.218 e. The fourth-order valence-electron chi connectivity index (χ4n) is 3.05. The Kier molecular flexibility index (Phi) is 7.48. The summed E-state index contributed by atoms with van der Waals surface area (Å²) >= 11 is 6.15. The topological polar surface area (TPSA) is 111 Å². The van der Waals surface area contributed by atoms with Crippen LogP contribution in [0, 0.1) is 5.82 Å². The van der Waals surface area contributed by atoms with Gasteiger partial charge in [-0.2, -0.15) is 0 Å². The monoisotopic (exact) mass is 406 g/mol. The predicted octanol–water partition coefficient (Wildman–Crippen LogP) is 3.38. The number of carbonyl (C=O) groups excluding carboxylic acids is 2. The smallest absolute Gasteiger partial charge is 0.218 e. The molecule has 5 N–H and O–H groups in total. The highest BCUT2D eigenvalue weighted by Crippen LogP contribution is 2.30. The van der Waals surface area contributed by atoms with Gasteiger partial charge >= 0.3 is 0 Å². The van der Waals surface area contributed by atoms with Crippen molar-refractivity contribution in [1.82, 2.24) is 10.3 Å². The number of ketones is 1. The standard InChI is InChI=1S/C20H24ClFN4O2/c1-3-4-15(26-11(2)9-17(24)27)13-6-7-14(21)18(19(13)22)20(28)12-5-8-16(23)25-10-12/h5-8,10-11,15,26H,3-4,9H2,1-2H3,(H2,23,25)(H2,24,27)/t11-,15+/m0/s1. The van der Waals surface area contributed by atoms with Crippen molar-refractivity contribution in [2.24, 2.45) is 5.73 Å². The number of hydrogen-bond acceptors (Lipinski definition) is 5. The minimum atomic E-state index is -0.688. The van der Waals surface area contributed by atoms with Crippen LogP contribution in [0.2, 0.25) is 5.02 Å². The van der Waals surface area contributed by atoms with E-state index in [9.17, 15) is 9.59 Å². The number of primary amides is 1. The van der Waals surface area contributed by atoms with E-state index in [1.54, 1.807) is 13.0 Å². The van der Waals surface area contributed by atoms with Gasteiger partial charge in [0.2, 0.25) is 5.91 Å². The molecule has 1 aromatic heterocycles. The molecule has 2 aromatic rings. The summed E-state index contributed by atoms with van der Waals surface area (Å²) in [6.07, 6.45) is 2.79. The van der Waals surface area contributed by atoms with Crippen molar-refractivity contribution >= 4 is 29.1 Å². The number of halogens is 2. The number of amides is 1. The number of nitrogens with two attached hydrogens (primary N) is 2. The lowest BCUT2D eigenvalue weighted by molar-refractivity contribution is -0.118. The maximum absolute atomic E-state index is 15.4. The van der Waals surface area contributed by atoms with E-state index in [1.807, 2.05) is 6.92 Å². The molecule has 8 heteroatoms. The normalized spacial score (nSPS) is 13.1. The first-order chi connectivity index (χ1) is 13.2.